The van der Waals surface area contributed by atoms with E-state index in [0.717, 1.165) is 18.6 Å². The molecule has 82 valence electrons. The van der Waals surface area contributed by atoms with Gasteiger partial charge in [-0.3, -0.25) is 0 Å². The minimum Gasteiger partial charge on any atom is -0.497 e. The van der Waals surface area contributed by atoms with E-state index in [2.05, 4.69) is 30.3 Å². The first-order valence-corrected chi connectivity index (χ1v) is 5.59. The van der Waals surface area contributed by atoms with Crippen molar-refractivity contribution in [2.75, 3.05) is 7.11 Å². The van der Waals surface area contributed by atoms with Crippen LogP contribution in [-0.4, -0.2) is 7.11 Å². The minimum atomic E-state index is -0.117. The Kier molecular flexibility index (Phi) is 1.95. The SMILES string of the molecule is COc1cc(C2(N)CC2)c2ccccc2c1. The van der Waals surface area contributed by atoms with Crippen LogP contribution in [0.4, 0.5) is 0 Å². The first-order valence-electron chi connectivity index (χ1n) is 5.59. The molecule has 0 radical (unpaired) electrons. The molecule has 1 aliphatic rings. The topological polar surface area (TPSA) is 35.2 Å². The monoisotopic (exact) mass is 213 g/mol. The highest BCUT2D eigenvalue weighted by Gasteiger charge is 2.41. The van der Waals surface area contributed by atoms with E-state index in [1.165, 1.54) is 16.3 Å². The predicted octanol–water partition coefficient (Wildman–Crippen LogP) is 2.80. The van der Waals surface area contributed by atoms with E-state index >= 15 is 0 Å². The Bertz CT molecular complexity index is 543. The molecule has 0 amide bonds. The fourth-order valence-corrected chi connectivity index (χ4v) is 2.22. The highest BCUT2D eigenvalue weighted by atomic mass is 16.5. The number of fused-ring (bicyclic) bond motifs is 1. The predicted molar refractivity (Wildman–Crippen MR) is 65.6 cm³/mol. The second kappa shape index (κ2) is 3.22. The van der Waals surface area contributed by atoms with Crippen molar-refractivity contribution in [1.82, 2.24) is 0 Å². The summed E-state index contributed by atoms with van der Waals surface area (Å²) in [5, 5.41) is 2.46. The fraction of sp³-hybridized carbons (Fsp3) is 0.286. The van der Waals surface area contributed by atoms with Crippen molar-refractivity contribution >= 4 is 10.8 Å². The molecule has 2 aromatic rings. The van der Waals surface area contributed by atoms with Gasteiger partial charge in [-0.05, 0) is 41.3 Å². The Labute approximate surface area is 95.0 Å². The van der Waals surface area contributed by atoms with Crippen LogP contribution in [-0.2, 0) is 5.54 Å². The summed E-state index contributed by atoms with van der Waals surface area (Å²) in [7, 11) is 1.70. The Hall–Kier alpha value is -1.54. The first kappa shape index (κ1) is 9.67. The molecular formula is C14H15NO. The van der Waals surface area contributed by atoms with Crippen LogP contribution in [0.5, 0.6) is 5.75 Å². The van der Waals surface area contributed by atoms with Gasteiger partial charge in [0.2, 0.25) is 0 Å². The normalized spacial score (nSPS) is 17.4. The van der Waals surface area contributed by atoms with E-state index in [-0.39, 0.29) is 5.54 Å². The second-order valence-electron chi connectivity index (χ2n) is 4.55. The van der Waals surface area contributed by atoms with Gasteiger partial charge >= 0.3 is 0 Å². The lowest BCUT2D eigenvalue weighted by atomic mass is 9.97. The molecule has 0 atom stereocenters. The van der Waals surface area contributed by atoms with E-state index < -0.39 is 0 Å². The van der Waals surface area contributed by atoms with Crippen molar-refractivity contribution in [3.8, 4) is 5.75 Å². The number of benzene rings is 2. The summed E-state index contributed by atoms with van der Waals surface area (Å²) in [6, 6.07) is 12.5. The van der Waals surface area contributed by atoms with Gasteiger partial charge in [0, 0.05) is 5.54 Å². The summed E-state index contributed by atoms with van der Waals surface area (Å²) in [5.74, 6) is 0.894. The molecule has 1 fully saturated rings. The lowest BCUT2D eigenvalue weighted by molar-refractivity contribution is 0.414. The molecule has 16 heavy (non-hydrogen) atoms. The zero-order chi connectivity index (χ0) is 11.2. The van der Waals surface area contributed by atoms with Gasteiger partial charge in [-0.25, -0.2) is 0 Å². The van der Waals surface area contributed by atoms with E-state index in [9.17, 15) is 0 Å². The molecule has 2 N–H and O–H groups in total. The van der Waals surface area contributed by atoms with Crippen LogP contribution in [0.2, 0.25) is 0 Å². The zero-order valence-electron chi connectivity index (χ0n) is 9.36. The molecule has 2 aromatic carbocycles. The molecule has 1 saturated carbocycles. The van der Waals surface area contributed by atoms with E-state index in [1.54, 1.807) is 7.11 Å². The van der Waals surface area contributed by atoms with E-state index in [4.69, 9.17) is 10.5 Å². The van der Waals surface area contributed by atoms with Crippen molar-refractivity contribution in [2.45, 2.75) is 18.4 Å². The largest absolute Gasteiger partial charge is 0.497 e. The van der Waals surface area contributed by atoms with Crippen molar-refractivity contribution in [1.29, 1.82) is 0 Å². The molecule has 2 nitrogen and oxygen atoms in total. The molecule has 0 aliphatic heterocycles. The number of rotatable bonds is 2. The van der Waals surface area contributed by atoms with Crippen LogP contribution in [0.1, 0.15) is 18.4 Å². The van der Waals surface area contributed by atoms with Gasteiger partial charge in [-0.2, -0.15) is 0 Å². The average Bonchev–Trinajstić information content (AvgIpc) is 3.07. The lowest BCUT2D eigenvalue weighted by Gasteiger charge is -2.14. The third-order valence-corrected chi connectivity index (χ3v) is 3.40. The lowest BCUT2D eigenvalue weighted by Crippen LogP contribution is -2.19. The Balaban J connectivity index is 2.31. The maximum absolute atomic E-state index is 6.30. The molecule has 1 aliphatic carbocycles. The molecule has 0 aromatic heterocycles. The number of hydrogen-bond donors (Lipinski definition) is 1. The highest BCUT2D eigenvalue weighted by molar-refractivity contribution is 5.88. The van der Waals surface area contributed by atoms with Gasteiger partial charge < -0.3 is 10.5 Å². The van der Waals surface area contributed by atoms with Gasteiger partial charge in [-0.15, -0.1) is 0 Å². The number of nitrogens with two attached hydrogens (primary N) is 1. The van der Waals surface area contributed by atoms with Crippen molar-refractivity contribution in [3.05, 3.63) is 42.0 Å². The highest BCUT2D eigenvalue weighted by Crippen LogP contribution is 2.46. The van der Waals surface area contributed by atoms with Crippen LogP contribution >= 0.6 is 0 Å². The minimum absolute atomic E-state index is 0.117. The molecule has 3 rings (SSSR count). The van der Waals surface area contributed by atoms with Gasteiger partial charge in [0.05, 0.1) is 7.11 Å². The number of hydrogen-bond acceptors (Lipinski definition) is 2. The summed E-state index contributed by atoms with van der Waals surface area (Å²) >= 11 is 0. The number of ether oxygens (including phenoxy) is 1. The van der Waals surface area contributed by atoms with Crippen molar-refractivity contribution < 1.29 is 4.74 Å². The van der Waals surface area contributed by atoms with Gasteiger partial charge in [-0.1, -0.05) is 24.3 Å². The Morgan fingerprint density at radius 2 is 1.94 bits per heavy atom. The maximum atomic E-state index is 6.30. The fourth-order valence-electron chi connectivity index (χ4n) is 2.22. The van der Waals surface area contributed by atoms with Gasteiger partial charge in [0.25, 0.3) is 0 Å². The number of methoxy groups -OCH3 is 1. The van der Waals surface area contributed by atoms with E-state index in [1.807, 2.05) is 6.07 Å². The van der Waals surface area contributed by atoms with Crippen LogP contribution < -0.4 is 10.5 Å². The Morgan fingerprint density at radius 3 is 2.62 bits per heavy atom. The molecule has 0 bridgehead atoms. The molecule has 0 spiro atoms. The summed E-state index contributed by atoms with van der Waals surface area (Å²) in [5.41, 5.74) is 7.41. The Morgan fingerprint density at radius 1 is 1.19 bits per heavy atom. The third kappa shape index (κ3) is 1.38. The summed E-state index contributed by atoms with van der Waals surface area (Å²) in [6.07, 6.45) is 2.15. The van der Waals surface area contributed by atoms with E-state index in [0.29, 0.717) is 0 Å². The molecule has 2 heteroatoms. The van der Waals surface area contributed by atoms with Crippen molar-refractivity contribution in [3.63, 3.8) is 0 Å². The smallest absolute Gasteiger partial charge is 0.119 e. The van der Waals surface area contributed by atoms with Crippen LogP contribution in [0.25, 0.3) is 10.8 Å². The standard InChI is InChI=1S/C14H15NO/c1-16-11-8-10-4-2-3-5-12(10)13(9-11)14(15)6-7-14/h2-5,8-9H,6-7,15H2,1H3. The summed E-state index contributed by atoms with van der Waals surface area (Å²) in [6.45, 7) is 0. The molecule has 0 saturated heterocycles. The van der Waals surface area contributed by atoms with Gasteiger partial charge in [0.15, 0.2) is 0 Å². The van der Waals surface area contributed by atoms with Crippen LogP contribution in [0, 0.1) is 0 Å². The second-order valence-corrected chi connectivity index (χ2v) is 4.55. The summed E-state index contributed by atoms with van der Waals surface area (Å²) in [4.78, 5) is 0. The quantitative estimate of drug-likeness (QED) is 0.832. The molecule has 0 unspecified atom stereocenters. The van der Waals surface area contributed by atoms with Crippen molar-refractivity contribution in [2.24, 2.45) is 5.73 Å². The van der Waals surface area contributed by atoms with Crippen LogP contribution in [0.3, 0.4) is 0 Å². The summed E-state index contributed by atoms with van der Waals surface area (Å²) < 4.78 is 5.33. The third-order valence-electron chi connectivity index (χ3n) is 3.40. The van der Waals surface area contributed by atoms with Gasteiger partial charge in [0.1, 0.15) is 5.75 Å². The zero-order valence-corrected chi connectivity index (χ0v) is 9.36. The first-order chi connectivity index (χ1) is 7.73. The maximum Gasteiger partial charge on any atom is 0.119 e. The molecule has 0 heterocycles. The van der Waals surface area contributed by atoms with Crippen LogP contribution in [0.15, 0.2) is 36.4 Å². The molecular weight excluding hydrogens is 198 g/mol. The average molecular weight is 213 g/mol.